The molecule has 0 radical (unpaired) electrons. The Morgan fingerprint density at radius 3 is 2.72 bits per heavy atom. The Bertz CT molecular complexity index is 1040. The molecule has 0 atom stereocenters. The molecule has 2 amide bonds. The third-order valence-corrected chi connectivity index (χ3v) is 5.71. The van der Waals surface area contributed by atoms with Gasteiger partial charge in [0.05, 0.1) is 17.2 Å². The van der Waals surface area contributed by atoms with Crippen molar-refractivity contribution in [1.29, 1.82) is 0 Å². The molecule has 0 aliphatic carbocycles. The summed E-state index contributed by atoms with van der Waals surface area (Å²) in [7, 11) is 0. The average Bonchev–Trinajstić information content (AvgIpc) is 3.36. The molecule has 0 bridgehead atoms. The third kappa shape index (κ3) is 4.19. The van der Waals surface area contributed by atoms with Gasteiger partial charge in [0.15, 0.2) is 0 Å². The van der Waals surface area contributed by atoms with E-state index in [1.807, 2.05) is 6.92 Å². The van der Waals surface area contributed by atoms with E-state index >= 15 is 0 Å². The number of carbonyl (C=O) groups is 2. The average molecular weight is 413 g/mol. The minimum atomic E-state index is -0.460. The number of nitrogens with one attached hydrogen (secondary N) is 1. The molecule has 7 nitrogen and oxygen atoms in total. The van der Waals surface area contributed by atoms with Crippen LogP contribution in [0.2, 0.25) is 0 Å². The van der Waals surface area contributed by atoms with Gasteiger partial charge >= 0.3 is 0 Å². The highest BCUT2D eigenvalue weighted by molar-refractivity contribution is 7.09. The smallest absolute Gasteiger partial charge is 0.273 e. The van der Waals surface area contributed by atoms with Gasteiger partial charge in [0.1, 0.15) is 17.3 Å². The molecular weight excluding hydrogens is 393 g/mol. The van der Waals surface area contributed by atoms with Crippen molar-refractivity contribution < 1.29 is 14.0 Å². The van der Waals surface area contributed by atoms with E-state index in [9.17, 15) is 14.0 Å². The van der Waals surface area contributed by atoms with Crippen LogP contribution in [0.4, 0.5) is 10.2 Å². The molecule has 4 rings (SSSR count). The SMILES string of the molecule is Cc1nc(C(=O)N2CCC(n3nccc3NC(=O)c3cccc(F)c3)CC2)cs1. The van der Waals surface area contributed by atoms with Crippen LogP contribution in [-0.4, -0.2) is 44.6 Å². The van der Waals surface area contributed by atoms with Gasteiger partial charge < -0.3 is 10.2 Å². The second-order valence-corrected chi connectivity index (χ2v) is 7.96. The molecule has 0 saturated carbocycles. The number of aryl methyl sites for hydroxylation is 1. The Labute approximate surface area is 171 Å². The maximum absolute atomic E-state index is 13.4. The summed E-state index contributed by atoms with van der Waals surface area (Å²) in [5, 5.41) is 9.81. The van der Waals surface area contributed by atoms with Crippen LogP contribution in [0.3, 0.4) is 0 Å². The van der Waals surface area contributed by atoms with Gasteiger partial charge in [0.25, 0.3) is 11.8 Å². The highest BCUT2D eigenvalue weighted by Gasteiger charge is 2.27. The maximum atomic E-state index is 13.4. The lowest BCUT2D eigenvalue weighted by molar-refractivity contribution is 0.0685. The number of benzene rings is 1. The van der Waals surface area contributed by atoms with Crippen molar-refractivity contribution >= 4 is 29.0 Å². The van der Waals surface area contributed by atoms with Gasteiger partial charge in [-0.25, -0.2) is 14.1 Å². The number of amides is 2. The van der Waals surface area contributed by atoms with Gasteiger partial charge in [-0.3, -0.25) is 9.59 Å². The molecular formula is C20H20FN5O2S. The molecule has 0 spiro atoms. The van der Waals surface area contributed by atoms with Crippen molar-refractivity contribution in [2.75, 3.05) is 18.4 Å². The van der Waals surface area contributed by atoms with E-state index in [1.54, 1.807) is 33.3 Å². The lowest BCUT2D eigenvalue weighted by Gasteiger charge is -2.32. The summed E-state index contributed by atoms with van der Waals surface area (Å²) in [6.07, 6.45) is 3.07. The standard InChI is InChI=1S/C20H20FN5O2S/c1-13-23-17(12-29-13)20(28)25-9-6-16(7-10-25)26-18(5-8-22-26)24-19(27)14-3-2-4-15(21)11-14/h2-5,8,11-12,16H,6-7,9-10H2,1H3,(H,24,27). The summed E-state index contributed by atoms with van der Waals surface area (Å²) in [6.45, 7) is 3.07. The van der Waals surface area contributed by atoms with Crippen LogP contribution in [0.5, 0.6) is 0 Å². The zero-order chi connectivity index (χ0) is 20.4. The van der Waals surface area contributed by atoms with E-state index in [1.165, 1.54) is 29.5 Å². The zero-order valence-corrected chi connectivity index (χ0v) is 16.7. The molecule has 29 heavy (non-hydrogen) atoms. The van der Waals surface area contributed by atoms with Crippen LogP contribution in [0.1, 0.15) is 44.7 Å². The number of halogens is 1. The lowest BCUT2D eigenvalue weighted by atomic mass is 10.0. The van der Waals surface area contributed by atoms with E-state index < -0.39 is 11.7 Å². The zero-order valence-electron chi connectivity index (χ0n) is 15.8. The highest BCUT2D eigenvalue weighted by Crippen LogP contribution is 2.26. The van der Waals surface area contributed by atoms with Crippen molar-refractivity contribution in [2.24, 2.45) is 0 Å². The Hall–Kier alpha value is -3.07. The van der Waals surface area contributed by atoms with E-state index in [0.717, 1.165) is 17.8 Å². The normalized spacial score (nSPS) is 14.8. The summed E-state index contributed by atoms with van der Waals surface area (Å²) in [6, 6.07) is 7.33. The highest BCUT2D eigenvalue weighted by atomic mass is 32.1. The predicted octanol–water partition coefficient (Wildman–Crippen LogP) is 3.52. The van der Waals surface area contributed by atoms with Crippen LogP contribution in [0.15, 0.2) is 41.9 Å². The summed E-state index contributed by atoms with van der Waals surface area (Å²) in [5.74, 6) is -0.344. The number of hydrogen-bond donors (Lipinski definition) is 1. The molecule has 150 valence electrons. The topological polar surface area (TPSA) is 80.1 Å². The Morgan fingerprint density at radius 1 is 1.24 bits per heavy atom. The Kier molecular flexibility index (Phi) is 5.39. The van der Waals surface area contributed by atoms with Crippen LogP contribution < -0.4 is 5.32 Å². The second-order valence-electron chi connectivity index (χ2n) is 6.90. The molecule has 3 heterocycles. The number of likely N-dealkylation sites (tertiary alicyclic amines) is 1. The van der Waals surface area contributed by atoms with E-state index in [-0.39, 0.29) is 17.5 Å². The van der Waals surface area contributed by atoms with Gasteiger partial charge in [-0.1, -0.05) is 6.07 Å². The minimum Gasteiger partial charge on any atom is -0.337 e. The first-order chi connectivity index (χ1) is 14.0. The van der Waals surface area contributed by atoms with Crippen LogP contribution >= 0.6 is 11.3 Å². The van der Waals surface area contributed by atoms with Gasteiger partial charge in [-0.15, -0.1) is 11.3 Å². The van der Waals surface area contributed by atoms with Crippen LogP contribution in [0, 0.1) is 12.7 Å². The third-order valence-electron chi connectivity index (χ3n) is 4.93. The fraction of sp³-hybridized carbons (Fsp3) is 0.300. The minimum absolute atomic E-state index is 0.0482. The number of nitrogens with zero attached hydrogens (tertiary/aromatic N) is 4. The molecule has 1 aromatic carbocycles. The van der Waals surface area contributed by atoms with E-state index in [4.69, 9.17) is 0 Å². The summed E-state index contributed by atoms with van der Waals surface area (Å²) in [4.78, 5) is 31.1. The molecule has 1 N–H and O–H groups in total. The van der Waals surface area contributed by atoms with Crippen molar-refractivity contribution in [1.82, 2.24) is 19.7 Å². The number of anilines is 1. The number of piperidine rings is 1. The molecule has 0 unspecified atom stereocenters. The molecule has 3 aromatic rings. The number of thiazole rings is 1. The van der Waals surface area contributed by atoms with Crippen molar-refractivity contribution in [3.8, 4) is 0 Å². The number of aromatic nitrogens is 3. The van der Waals surface area contributed by atoms with Crippen molar-refractivity contribution in [3.05, 3.63) is 64.0 Å². The molecule has 1 saturated heterocycles. The first-order valence-corrected chi connectivity index (χ1v) is 10.2. The number of hydrogen-bond acceptors (Lipinski definition) is 5. The lowest BCUT2D eigenvalue weighted by Crippen LogP contribution is -2.39. The monoisotopic (exact) mass is 413 g/mol. The summed E-state index contributed by atoms with van der Waals surface area (Å²) < 4.78 is 15.1. The van der Waals surface area contributed by atoms with Gasteiger partial charge in [0.2, 0.25) is 0 Å². The largest absolute Gasteiger partial charge is 0.337 e. The molecule has 2 aromatic heterocycles. The molecule has 1 aliphatic heterocycles. The van der Waals surface area contributed by atoms with Crippen molar-refractivity contribution in [2.45, 2.75) is 25.8 Å². The van der Waals surface area contributed by atoms with Gasteiger partial charge in [0, 0.05) is 30.1 Å². The predicted molar refractivity (Wildman–Crippen MR) is 108 cm³/mol. The summed E-state index contributed by atoms with van der Waals surface area (Å²) >= 11 is 1.47. The maximum Gasteiger partial charge on any atom is 0.273 e. The number of carbonyl (C=O) groups excluding carboxylic acids is 2. The first-order valence-electron chi connectivity index (χ1n) is 9.33. The van der Waals surface area contributed by atoms with E-state index in [2.05, 4.69) is 15.4 Å². The van der Waals surface area contributed by atoms with Gasteiger partial charge in [-0.05, 0) is 38.0 Å². The molecule has 1 fully saturated rings. The fourth-order valence-corrected chi connectivity index (χ4v) is 4.05. The molecule has 1 aliphatic rings. The summed E-state index contributed by atoms with van der Waals surface area (Å²) in [5.41, 5.74) is 0.741. The van der Waals surface area contributed by atoms with Crippen molar-refractivity contribution in [3.63, 3.8) is 0 Å². The first kappa shape index (κ1) is 19.3. The van der Waals surface area contributed by atoms with Crippen LogP contribution in [-0.2, 0) is 0 Å². The quantitative estimate of drug-likeness (QED) is 0.710. The Morgan fingerprint density at radius 2 is 2.03 bits per heavy atom. The number of rotatable bonds is 4. The fourth-order valence-electron chi connectivity index (χ4n) is 3.46. The Balaban J connectivity index is 1.40. The van der Waals surface area contributed by atoms with Gasteiger partial charge in [-0.2, -0.15) is 5.10 Å². The second kappa shape index (κ2) is 8.12. The van der Waals surface area contributed by atoms with Crippen LogP contribution in [0.25, 0.3) is 0 Å². The molecule has 9 heteroatoms. The van der Waals surface area contributed by atoms with E-state index in [0.29, 0.717) is 24.6 Å².